The number of amides is 1. The minimum atomic E-state index is -0.0861. The highest BCUT2D eigenvalue weighted by molar-refractivity contribution is 5.91. The lowest BCUT2D eigenvalue weighted by Crippen LogP contribution is -2.28. The van der Waals surface area contributed by atoms with Gasteiger partial charge in [0.05, 0.1) is 12.0 Å². The van der Waals surface area contributed by atoms with E-state index in [0.29, 0.717) is 18.4 Å². The van der Waals surface area contributed by atoms with Crippen LogP contribution in [-0.2, 0) is 16.6 Å². The van der Waals surface area contributed by atoms with Crippen molar-refractivity contribution in [2.45, 2.75) is 26.4 Å². The Balaban J connectivity index is 2.04. The van der Waals surface area contributed by atoms with E-state index in [4.69, 9.17) is 4.74 Å². The molecule has 0 saturated carbocycles. The van der Waals surface area contributed by atoms with Crippen molar-refractivity contribution < 1.29 is 9.53 Å². The molecule has 1 aliphatic heterocycles. The van der Waals surface area contributed by atoms with E-state index < -0.39 is 0 Å². The Labute approximate surface area is 94.0 Å². The van der Waals surface area contributed by atoms with Gasteiger partial charge in [-0.1, -0.05) is 0 Å². The van der Waals surface area contributed by atoms with Crippen LogP contribution in [0.5, 0.6) is 0 Å². The van der Waals surface area contributed by atoms with Gasteiger partial charge in [-0.3, -0.25) is 10.1 Å². The summed E-state index contributed by atoms with van der Waals surface area (Å²) in [5, 5.41) is 6.84. The van der Waals surface area contributed by atoms with Crippen molar-refractivity contribution in [1.82, 2.24) is 14.8 Å². The molecule has 2 unspecified atom stereocenters. The van der Waals surface area contributed by atoms with Gasteiger partial charge in [0.2, 0.25) is 11.9 Å². The number of nitrogens with zero attached hydrogens (tertiary/aromatic N) is 3. The molecule has 6 nitrogen and oxygen atoms in total. The summed E-state index contributed by atoms with van der Waals surface area (Å²) < 4.78 is 6.92. The maximum Gasteiger partial charge on any atom is 0.232 e. The van der Waals surface area contributed by atoms with Gasteiger partial charge in [0.15, 0.2) is 0 Å². The maximum absolute atomic E-state index is 11.9. The van der Waals surface area contributed by atoms with E-state index in [0.717, 1.165) is 6.42 Å². The van der Waals surface area contributed by atoms with Crippen LogP contribution in [0.15, 0.2) is 0 Å². The molecule has 2 heterocycles. The SMILES string of the molecule is Cc1nc(NC(=O)C2CCOC2C)n(C)n1. The first-order chi connectivity index (χ1) is 7.58. The van der Waals surface area contributed by atoms with Crippen molar-refractivity contribution in [1.29, 1.82) is 0 Å². The molecule has 1 aromatic rings. The number of hydrogen-bond donors (Lipinski definition) is 1. The second-order valence-corrected chi connectivity index (χ2v) is 4.07. The van der Waals surface area contributed by atoms with E-state index in [-0.39, 0.29) is 17.9 Å². The average Bonchev–Trinajstić information content (AvgIpc) is 2.74. The monoisotopic (exact) mass is 224 g/mol. The summed E-state index contributed by atoms with van der Waals surface area (Å²) in [4.78, 5) is 16.0. The van der Waals surface area contributed by atoms with Crippen molar-refractivity contribution in [3.8, 4) is 0 Å². The second kappa shape index (κ2) is 4.21. The first-order valence-corrected chi connectivity index (χ1v) is 5.38. The lowest BCUT2D eigenvalue weighted by atomic mass is 10.0. The van der Waals surface area contributed by atoms with Crippen molar-refractivity contribution in [2.24, 2.45) is 13.0 Å². The van der Waals surface area contributed by atoms with E-state index >= 15 is 0 Å². The molecule has 1 N–H and O–H groups in total. The van der Waals surface area contributed by atoms with Crippen LogP contribution in [0.1, 0.15) is 19.2 Å². The molecule has 1 amide bonds. The normalized spacial score (nSPS) is 24.7. The molecule has 1 saturated heterocycles. The van der Waals surface area contributed by atoms with Crippen molar-refractivity contribution in [2.75, 3.05) is 11.9 Å². The number of carbonyl (C=O) groups is 1. The smallest absolute Gasteiger partial charge is 0.232 e. The quantitative estimate of drug-likeness (QED) is 0.793. The largest absolute Gasteiger partial charge is 0.378 e. The van der Waals surface area contributed by atoms with E-state index in [2.05, 4.69) is 15.4 Å². The summed E-state index contributed by atoms with van der Waals surface area (Å²) in [5.41, 5.74) is 0. The van der Waals surface area contributed by atoms with Gasteiger partial charge in [0.1, 0.15) is 5.82 Å². The first kappa shape index (κ1) is 11.1. The Bertz CT molecular complexity index is 402. The molecule has 2 atom stereocenters. The number of anilines is 1. The molecule has 0 aliphatic carbocycles. The predicted molar refractivity (Wildman–Crippen MR) is 57.9 cm³/mol. The van der Waals surface area contributed by atoms with Crippen molar-refractivity contribution in [3.05, 3.63) is 5.82 Å². The number of aryl methyl sites for hydroxylation is 2. The average molecular weight is 224 g/mol. The summed E-state index contributed by atoms with van der Waals surface area (Å²) in [5.74, 6) is 1.01. The molecule has 2 rings (SSSR count). The van der Waals surface area contributed by atoms with Crippen LogP contribution >= 0.6 is 0 Å². The fourth-order valence-electron chi connectivity index (χ4n) is 1.90. The van der Waals surface area contributed by atoms with E-state index in [1.807, 2.05) is 6.92 Å². The van der Waals surface area contributed by atoms with Crippen LogP contribution in [0.3, 0.4) is 0 Å². The Morgan fingerprint density at radius 1 is 1.62 bits per heavy atom. The van der Waals surface area contributed by atoms with Crippen molar-refractivity contribution >= 4 is 11.9 Å². The summed E-state index contributed by atoms with van der Waals surface area (Å²) >= 11 is 0. The van der Waals surface area contributed by atoms with Gasteiger partial charge in [0, 0.05) is 13.7 Å². The summed E-state index contributed by atoms with van der Waals surface area (Å²) in [6.07, 6.45) is 0.749. The van der Waals surface area contributed by atoms with Gasteiger partial charge in [-0.2, -0.15) is 10.1 Å². The van der Waals surface area contributed by atoms with Gasteiger partial charge < -0.3 is 4.74 Å². The third-order valence-corrected chi connectivity index (χ3v) is 2.82. The highest BCUT2D eigenvalue weighted by Crippen LogP contribution is 2.21. The number of aromatic nitrogens is 3. The Morgan fingerprint density at radius 2 is 2.38 bits per heavy atom. The topological polar surface area (TPSA) is 69.0 Å². The summed E-state index contributed by atoms with van der Waals surface area (Å²) in [6.45, 7) is 4.35. The highest BCUT2D eigenvalue weighted by Gasteiger charge is 2.31. The molecule has 88 valence electrons. The zero-order chi connectivity index (χ0) is 11.7. The Hall–Kier alpha value is -1.43. The molecule has 1 fully saturated rings. The lowest BCUT2D eigenvalue weighted by Gasteiger charge is -2.12. The van der Waals surface area contributed by atoms with Gasteiger partial charge in [-0.25, -0.2) is 4.68 Å². The molecule has 16 heavy (non-hydrogen) atoms. The fourth-order valence-corrected chi connectivity index (χ4v) is 1.90. The molecule has 0 spiro atoms. The van der Waals surface area contributed by atoms with Crippen LogP contribution in [0.4, 0.5) is 5.95 Å². The molecule has 1 aromatic heterocycles. The third-order valence-electron chi connectivity index (χ3n) is 2.82. The van der Waals surface area contributed by atoms with E-state index in [1.165, 1.54) is 0 Å². The minimum absolute atomic E-state index is 0.0191. The van der Waals surface area contributed by atoms with Gasteiger partial charge in [0.25, 0.3) is 0 Å². The molecule has 1 aliphatic rings. The summed E-state index contributed by atoms with van der Waals surface area (Å²) in [6, 6.07) is 0. The fraction of sp³-hybridized carbons (Fsp3) is 0.700. The number of carbonyl (C=O) groups excluding carboxylic acids is 1. The Kier molecular flexibility index (Phi) is 2.91. The molecule has 0 radical (unpaired) electrons. The van der Waals surface area contributed by atoms with Crippen LogP contribution < -0.4 is 5.32 Å². The van der Waals surface area contributed by atoms with Crippen molar-refractivity contribution in [3.63, 3.8) is 0 Å². The van der Waals surface area contributed by atoms with Gasteiger partial charge in [-0.05, 0) is 20.3 Å². The first-order valence-electron chi connectivity index (χ1n) is 5.38. The molecule has 6 heteroatoms. The van der Waals surface area contributed by atoms with Gasteiger partial charge in [-0.15, -0.1) is 0 Å². The second-order valence-electron chi connectivity index (χ2n) is 4.07. The van der Waals surface area contributed by atoms with Crippen LogP contribution in [-0.4, -0.2) is 33.4 Å². The highest BCUT2D eigenvalue weighted by atomic mass is 16.5. The van der Waals surface area contributed by atoms with Crippen LogP contribution in [0.25, 0.3) is 0 Å². The van der Waals surface area contributed by atoms with Crippen LogP contribution in [0.2, 0.25) is 0 Å². The molecule has 0 aromatic carbocycles. The lowest BCUT2D eigenvalue weighted by molar-refractivity contribution is -0.121. The summed E-state index contributed by atoms with van der Waals surface area (Å²) in [7, 11) is 1.75. The van der Waals surface area contributed by atoms with E-state index in [1.54, 1.807) is 18.7 Å². The van der Waals surface area contributed by atoms with Crippen LogP contribution in [0, 0.1) is 12.8 Å². The zero-order valence-electron chi connectivity index (χ0n) is 9.73. The predicted octanol–water partition coefficient (Wildman–Crippen LogP) is 0.487. The number of ether oxygens (including phenoxy) is 1. The van der Waals surface area contributed by atoms with E-state index in [9.17, 15) is 4.79 Å². The minimum Gasteiger partial charge on any atom is -0.378 e. The number of nitrogens with one attached hydrogen (secondary N) is 1. The molecular weight excluding hydrogens is 208 g/mol. The molecule has 0 bridgehead atoms. The molecular formula is C10H16N4O2. The van der Waals surface area contributed by atoms with Gasteiger partial charge >= 0.3 is 0 Å². The number of hydrogen-bond acceptors (Lipinski definition) is 4. The number of rotatable bonds is 2. The zero-order valence-corrected chi connectivity index (χ0v) is 9.73. The maximum atomic E-state index is 11.9. The Morgan fingerprint density at radius 3 is 2.88 bits per heavy atom. The third kappa shape index (κ3) is 2.06. The standard InChI is InChI=1S/C10H16N4O2/c1-6-8(4-5-16-6)9(15)12-10-11-7(2)13-14(10)3/h6,8H,4-5H2,1-3H3,(H,11,12,13,15).